The van der Waals surface area contributed by atoms with Gasteiger partial charge in [-0.2, -0.15) is 0 Å². The molecule has 0 radical (unpaired) electrons. The van der Waals surface area contributed by atoms with E-state index in [-0.39, 0.29) is 5.97 Å². The first-order valence-electron chi connectivity index (χ1n) is 6.77. The second-order valence-electron chi connectivity index (χ2n) is 4.89. The van der Waals surface area contributed by atoms with E-state index in [1.807, 2.05) is 38.1 Å². The van der Waals surface area contributed by atoms with E-state index in [0.717, 1.165) is 27.0 Å². The number of nitrogens with one attached hydrogen (secondary N) is 1. The average molecular weight is 313 g/mol. The van der Waals surface area contributed by atoms with Gasteiger partial charge in [-0.05, 0) is 31.0 Å². The zero-order valence-electron chi connectivity index (χ0n) is 12.5. The standard InChI is InChI=1S/C16H15N3O2S/c1-9-6-4-5-7-11(9)19-14-12-10(2)13(16(20)21-3)22-15(12)18-8-17-14/h4-8H,1-3H3,(H,17,18,19). The van der Waals surface area contributed by atoms with Crippen LogP contribution in [0.25, 0.3) is 10.2 Å². The second-order valence-corrected chi connectivity index (χ2v) is 5.89. The summed E-state index contributed by atoms with van der Waals surface area (Å²) >= 11 is 1.32. The molecule has 0 spiro atoms. The van der Waals surface area contributed by atoms with Gasteiger partial charge in [0.05, 0.1) is 12.5 Å². The number of rotatable bonds is 3. The topological polar surface area (TPSA) is 64.1 Å². The minimum atomic E-state index is -0.345. The van der Waals surface area contributed by atoms with Crippen LogP contribution in [0.5, 0.6) is 0 Å². The Kier molecular flexibility index (Phi) is 3.77. The molecule has 1 aromatic carbocycles. The van der Waals surface area contributed by atoms with Crippen LogP contribution < -0.4 is 5.32 Å². The normalized spacial score (nSPS) is 10.7. The maximum absolute atomic E-state index is 11.8. The van der Waals surface area contributed by atoms with Crippen LogP contribution in [-0.4, -0.2) is 23.0 Å². The molecule has 1 N–H and O–H groups in total. The molecular formula is C16H15N3O2S. The van der Waals surface area contributed by atoms with Gasteiger partial charge in [-0.1, -0.05) is 18.2 Å². The molecule has 0 fully saturated rings. The predicted molar refractivity (Wildman–Crippen MR) is 88.0 cm³/mol. The van der Waals surface area contributed by atoms with Crippen molar-refractivity contribution in [3.63, 3.8) is 0 Å². The van der Waals surface area contributed by atoms with Crippen molar-refractivity contribution in [1.82, 2.24) is 9.97 Å². The quantitative estimate of drug-likeness (QED) is 0.744. The number of ether oxygens (including phenoxy) is 1. The molecule has 2 heterocycles. The van der Waals surface area contributed by atoms with Crippen molar-refractivity contribution in [1.29, 1.82) is 0 Å². The first kappa shape index (κ1) is 14.5. The van der Waals surface area contributed by atoms with Crippen molar-refractivity contribution in [3.8, 4) is 0 Å². The minimum Gasteiger partial charge on any atom is -0.465 e. The van der Waals surface area contributed by atoms with Gasteiger partial charge in [-0.15, -0.1) is 11.3 Å². The highest BCUT2D eigenvalue weighted by Gasteiger charge is 2.19. The lowest BCUT2D eigenvalue weighted by Gasteiger charge is -2.09. The third-order valence-corrected chi connectivity index (χ3v) is 4.68. The van der Waals surface area contributed by atoms with E-state index in [1.165, 1.54) is 24.8 Å². The van der Waals surface area contributed by atoms with Crippen LogP contribution in [-0.2, 0) is 4.74 Å². The zero-order valence-corrected chi connectivity index (χ0v) is 13.3. The molecule has 0 saturated carbocycles. The number of para-hydroxylation sites is 1. The largest absolute Gasteiger partial charge is 0.465 e. The van der Waals surface area contributed by atoms with Crippen molar-refractivity contribution in [3.05, 3.63) is 46.6 Å². The number of aromatic nitrogens is 2. The third kappa shape index (κ3) is 2.42. The molecule has 0 aliphatic heterocycles. The zero-order chi connectivity index (χ0) is 15.7. The number of anilines is 2. The fraction of sp³-hybridized carbons (Fsp3) is 0.188. The van der Waals surface area contributed by atoms with Crippen LogP contribution in [0.1, 0.15) is 20.8 Å². The molecule has 6 heteroatoms. The molecule has 2 aromatic heterocycles. The fourth-order valence-corrected chi connectivity index (χ4v) is 3.36. The molecule has 3 rings (SSSR count). The number of benzene rings is 1. The van der Waals surface area contributed by atoms with Gasteiger partial charge in [0.15, 0.2) is 0 Å². The lowest BCUT2D eigenvalue weighted by atomic mass is 10.1. The Balaban J connectivity index is 2.13. The van der Waals surface area contributed by atoms with Gasteiger partial charge in [0.1, 0.15) is 21.9 Å². The summed E-state index contributed by atoms with van der Waals surface area (Å²) in [6.07, 6.45) is 1.50. The summed E-state index contributed by atoms with van der Waals surface area (Å²) in [5, 5.41) is 4.19. The van der Waals surface area contributed by atoms with E-state index >= 15 is 0 Å². The lowest BCUT2D eigenvalue weighted by Crippen LogP contribution is -2.00. The number of hydrogen-bond acceptors (Lipinski definition) is 6. The van der Waals surface area contributed by atoms with Crippen LogP contribution >= 0.6 is 11.3 Å². The van der Waals surface area contributed by atoms with Gasteiger partial charge < -0.3 is 10.1 Å². The molecule has 0 atom stereocenters. The van der Waals surface area contributed by atoms with E-state index in [1.54, 1.807) is 0 Å². The van der Waals surface area contributed by atoms with Gasteiger partial charge in [0, 0.05) is 5.69 Å². The highest BCUT2D eigenvalue weighted by molar-refractivity contribution is 7.20. The molecule has 5 nitrogen and oxygen atoms in total. The molecule has 0 saturated heterocycles. The number of thiophene rings is 1. The Morgan fingerprint density at radius 2 is 2.00 bits per heavy atom. The third-order valence-electron chi connectivity index (χ3n) is 3.50. The van der Waals surface area contributed by atoms with Crippen molar-refractivity contribution in [2.75, 3.05) is 12.4 Å². The van der Waals surface area contributed by atoms with Crippen LogP contribution in [0.2, 0.25) is 0 Å². The Bertz CT molecular complexity index is 858. The number of aryl methyl sites for hydroxylation is 2. The summed E-state index contributed by atoms with van der Waals surface area (Å²) in [5.74, 6) is 0.352. The number of methoxy groups -OCH3 is 1. The number of hydrogen-bond donors (Lipinski definition) is 1. The van der Waals surface area contributed by atoms with Crippen molar-refractivity contribution < 1.29 is 9.53 Å². The number of nitrogens with zero attached hydrogens (tertiary/aromatic N) is 2. The highest BCUT2D eigenvalue weighted by Crippen LogP contribution is 2.35. The molecule has 0 aliphatic carbocycles. The van der Waals surface area contributed by atoms with Crippen LogP contribution in [0.4, 0.5) is 11.5 Å². The average Bonchev–Trinajstić information content (AvgIpc) is 2.87. The SMILES string of the molecule is COC(=O)c1sc2ncnc(Nc3ccccc3C)c2c1C. The van der Waals surface area contributed by atoms with Gasteiger partial charge >= 0.3 is 5.97 Å². The molecule has 22 heavy (non-hydrogen) atoms. The Labute approximate surface area is 132 Å². The number of esters is 1. The summed E-state index contributed by atoms with van der Waals surface area (Å²) in [4.78, 5) is 21.8. The Morgan fingerprint density at radius 1 is 1.23 bits per heavy atom. The molecule has 0 unspecified atom stereocenters. The van der Waals surface area contributed by atoms with E-state index in [4.69, 9.17) is 4.74 Å². The molecule has 0 bridgehead atoms. The number of carbonyl (C=O) groups is 1. The summed E-state index contributed by atoms with van der Waals surface area (Å²) in [5.41, 5.74) is 2.94. The predicted octanol–water partition coefficient (Wildman–Crippen LogP) is 3.84. The van der Waals surface area contributed by atoms with E-state index in [2.05, 4.69) is 15.3 Å². The summed E-state index contributed by atoms with van der Waals surface area (Å²) in [6.45, 7) is 3.92. The Hall–Kier alpha value is -2.47. The summed E-state index contributed by atoms with van der Waals surface area (Å²) < 4.78 is 4.83. The molecule has 0 amide bonds. The minimum absolute atomic E-state index is 0.345. The van der Waals surface area contributed by atoms with Crippen LogP contribution in [0.15, 0.2) is 30.6 Å². The Morgan fingerprint density at radius 3 is 2.73 bits per heavy atom. The van der Waals surface area contributed by atoms with E-state index in [0.29, 0.717) is 10.7 Å². The maximum Gasteiger partial charge on any atom is 0.348 e. The highest BCUT2D eigenvalue weighted by atomic mass is 32.1. The monoisotopic (exact) mass is 313 g/mol. The lowest BCUT2D eigenvalue weighted by molar-refractivity contribution is 0.0605. The van der Waals surface area contributed by atoms with Crippen LogP contribution in [0.3, 0.4) is 0 Å². The van der Waals surface area contributed by atoms with E-state index in [9.17, 15) is 4.79 Å². The molecular weight excluding hydrogens is 298 g/mol. The smallest absolute Gasteiger partial charge is 0.348 e. The van der Waals surface area contributed by atoms with E-state index < -0.39 is 0 Å². The number of fused-ring (bicyclic) bond motifs is 1. The van der Waals surface area contributed by atoms with Crippen LogP contribution in [0, 0.1) is 13.8 Å². The fourth-order valence-electron chi connectivity index (χ4n) is 2.29. The number of carbonyl (C=O) groups excluding carboxylic acids is 1. The first-order valence-corrected chi connectivity index (χ1v) is 7.58. The molecule has 112 valence electrons. The van der Waals surface area contributed by atoms with Crippen molar-refractivity contribution in [2.24, 2.45) is 0 Å². The van der Waals surface area contributed by atoms with Gasteiger partial charge in [-0.3, -0.25) is 0 Å². The van der Waals surface area contributed by atoms with Crippen molar-refractivity contribution in [2.45, 2.75) is 13.8 Å². The first-order chi connectivity index (χ1) is 10.6. The second kappa shape index (κ2) is 5.73. The molecule has 0 aliphatic rings. The maximum atomic E-state index is 11.8. The summed E-state index contributed by atoms with van der Waals surface area (Å²) in [7, 11) is 1.38. The van der Waals surface area contributed by atoms with Gasteiger partial charge in [0.2, 0.25) is 0 Å². The van der Waals surface area contributed by atoms with Gasteiger partial charge in [-0.25, -0.2) is 14.8 Å². The molecule has 3 aromatic rings. The summed E-state index contributed by atoms with van der Waals surface area (Å²) in [6, 6.07) is 7.97. The van der Waals surface area contributed by atoms with Gasteiger partial charge in [0.25, 0.3) is 0 Å². The van der Waals surface area contributed by atoms with Crippen molar-refractivity contribution >= 4 is 39.0 Å².